The second-order valence-corrected chi connectivity index (χ2v) is 7.76. The summed E-state index contributed by atoms with van der Waals surface area (Å²) in [7, 11) is 4.85. The Kier molecular flexibility index (Phi) is 6.33. The zero-order valence-electron chi connectivity index (χ0n) is 18.3. The van der Waals surface area contributed by atoms with E-state index >= 15 is 0 Å². The molecule has 162 valence electrons. The van der Waals surface area contributed by atoms with Gasteiger partial charge in [-0.2, -0.15) is 0 Å². The molecule has 2 N–H and O–H groups in total. The van der Waals surface area contributed by atoms with Gasteiger partial charge in [0.2, 0.25) is 0 Å². The topological polar surface area (TPSA) is 60.0 Å². The van der Waals surface area contributed by atoms with Gasteiger partial charge < -0.3 is 24.6 Å². The first-order chi connectivity index (χ1) is 15.1. The van der Waals surface area contributed by atoms with Gasteiger partial charge in [0.25, 0.3) is 0 Å². The number of hydrogen-bond acceptors (Lipinski definition) is 5. The molecule has 5 nitrogen and oxygen atoms in total. The molecule has 0 radical (unpaired) electrons. The number of nitrogens with one attached hydrogen (secondary N) is 1. The second-order valence-electron chi connectivity index (χ2n) is 7.76. The Labute approximate surface area is 183 Å². The lowest BCUT2D eigenvalue weighted by Crippen LogP contribution is -2.31. The molecule has 5 heteroatoms. The molecule has 1 aliphatic heterocycles. The summed E-state index contributed by atoms with van der Waals surface area (Å²) in [4.78, 5) is 0. The third-order valence-corrected chi connectivity index (χ3v) is 5.95. The van der Waals surface area contributed by atoms with Crippen molar-refractivity contribution in [1.82, 2.24) is 5.32 Å². The maximum absolute atomic E-state index is 11.2. The number of methoxy groups -OCH3 is 3. The fourth-order valence-electron chi connectivity index (χ4n) is 4.41. The molecule has 0 aliphatic carbocycles. The minimum atomic E-state index is 0.118. The average molecular weight is 420 g/mol. The van der Waals surface area contributed by atoms with Gasteiger partial charge in [-0.3, -0.25) is 0 Å². The van der Waals surface area contributed by atoms with Crippen molar-refractivity contribution in [3.05, 3.63) is 71.3 Å². The van der Waals surface area contributed by atoms with Crippen molar-refractivity contribution >= 4 is 0 Å². The Bertz CT molecular complexity index is 1030. The smallest absolute Gasteiger partial charge is 0.166 e. The third kappa shape index (κ3) is 4.32. The quantitative estimate of drug-likeness (QED) is 0.570. The molecule has 0 saturated heterocycles. The molecule has 0 spiro atoms. The largest absolute Gasteiger partial charge is 0.504 e. The van der Waals surface area contributed by atoms with Crippen LogP contribution in [0.1, 0.15) is 29.2 Å². The summed E-state index contributed by atoms with van der Waals surface area (Å²) >= 11 is 0. The van der Waals surface area contributed by atoms with E-state index in [1.165, 1.54) is 11.1 Å². The van der Waals surface area contributed by atoms with E-state index in [2.05, 4.69) is 29.6 Å². The number of phenols is 1. The molecule has 0 bridgehead atoms. The highest BCUT2D eigenvalue weighted by Gasteiger charge is 2.28. The Morgan fingerprint density at radius 2 is 1.65 bits per heavy atom. The Morgan fingerprint density at radius 1 is 0.935 bits per heavy atom. The van der Waals surface area contributed by atoms with Crippen LogP contribution in [0.2, 0.25) is 0 Å². The van der Waals surface area contributed by atoms with E-state index in [0.29, 0.717) is 17.2 Å². The molecule has 1 aliphatic rings. The van der Waals surface area contributed by atoms with Gasteiger partial charge in [0, 0.05) is 17.7 Å². The number of rotatable bonds is 7. The van der Waals surface area contributed by atoms with Gasteiger partial charge in [-0.15, -0.1) is 0 Å². The minimum Gasteiger partial charge on any atom is -0.504 e. The highest BCUT2D eigenvalue weighted by molar-refractivity contribution is 5.80. The van der Waals surface area contributed by atoms with Crippen molar-refractivity contribution in [3.8, 4) is 34.1 Å². The number of ether oxygens (including phenoxy) is 3. The molecule has 0 aromatic heterocycles. The van der Waals surface area contributed by atoms with E-state index in [0.717, 1.165) is 42.5 Å². The lowest BCUT2D eigenvalue weighted by molar-refractivity contribution is 0.370. The molecule has 3 aromatic rings. The summed E-state index contributed by atoms with van der Waals surface area (Å²) in [5.74, 6) is 1.98. The maximum Gasteiger partial charge on any atom is 0.166 e. The van der Waals surface area contributed by atoms with Crippen molar-refractivity contribution < 1.29 is 19.3 Å². The molecule has 1 unspecified atom stereocenters. The number of benzene rings is 3. The van der Waals surface area contributed by atoms with E-state index in [1.807, 2.05) is 30.3 Å². The first-order valence-electron chi connectivity index (χ1n) is 10.6. The Morgan fingerprint density at radius 3 is 2.29 bits per heavy atom. The van der Waals surface area contributed by atoms with Crippen LogP contribution in [0.15, 0.2) is 54.6 Å². The van der Waals surface area contributed by atoms with Crippen LogP contribution < -0.4 is 19.5 Å². The highest BCUT2D eigenvalue weighted by Crippen LogP contribution is 2.47. The lowest BCUT2D eigenvalue weighted by Gasteiger charge is -2.31. The van der Waals surface area contributed by atoms with Crippen molar-refractivity contribution in [2.75, 3.05) is 27.9 Å². The van der Waals surface area contributed by atoms with Crippen molar-refractivity contribution in [2.24, 2.45) is 0 Å². The zero-order chi connectivity index (χ0) is 21.8. The molecule has 0 fully saturated rings. The van der Waals surface area contributed by atoms with Crippen LogP contribution in [-0.2, 0) is 12.8 Å². The van der Waals surface area contributed by atoms with Gasteiger partial charge in [-0.25, -0.2) is 0 Å². The van der Waals surface area contributed by atoms with E-state index in [9.17, 15) is 5.11 Å². The maximum atomic E-state index is 11.2. The van der Waals surface area contributed by atoms with Gasteiger partial charge in [0.15, 0.2) is 11.5 Å². The molecule has 1 heterocycles. The van der Waals surface area contributed by atoms with Gasteiger partial charge in [0.1, 0.15) is 11.5 Å². The van der Waals surface area contributed by atoms with E-state index in [1.54, 1.807) is 21.3 Å². The SMILES string of the molecule is COc1cc(OC)cc(-c2c(O)c(OC)cc3c2C(CCc2ccccc2)NCC3)c1. The second kappa shape index (κ2) is 9.31. The Hall–Kier alpha value is -3.18. The summed E-state index contributed by atoms with van der Waals surface area (Å²) in [6, 6.07) is 18.3. The number of aromatic hydroxyl groups is 1. The van der Waals surface area contributed by atoms with Gasteiger partial charge >= 0.3 is 0 Å². The average Bonchev–Trinajstić information content (AvgIpc) is 2.82. The van der Waals surface area contributed by atoms with Gasteiger partial charge in [0.05, 0.1) is 21.3 Å². The first-order valence-corrected chi connectivity index (χ1v) is 10.6. The number of phenolic OH excluding ortho intramolecular Hbond substituents is 1. The minimum absolute atomic E-state index is 0.118. The molecule has 3 aromatic carbocycles. The van der Waals surface area contributed by atoms with E-state index < -0.39 is 0 Å². The summed E-state index contributed by atoms with van der Waals surface area (Å²) in [6.07, 6.45) is 2.75. The molecule has 0 saturated carbocycles. The van der Waals surface area contributed by atoms with Crippen LogP contribution in [0, 0.1) is 0 Å². The van der Waals surface area contributed by atoms with Gasteiger partial charge in [-0.1, -0.05) is 30.3 Å². The summed E-state index contributed by atoms with van der Waals surface area (Å²) in [6.45, 7) is 0.890. The number of aryl methyl sites for hydroxylation is 1. The third-order valence-electron chi connectivity index (χ3n) is 5.95. The van der Waals surface area contributed by atoms with E-state index in [4.69, 9.17) is 14.2 Å². The fraction of sp³-hybridized carbons (Fsp3) is 0.308. The van der Waals surface area contributed by atoms with Crippen molar-refractivity contribution in [1.29, 1.82) is 0 Å². The zero-order valence-corrected chi connectivity index (χ0v) is 18.3. The lowest BCUT2D eigenvalue weighted by atomic mass is 9.83. The van der Waals surface area contributed by atoms with Crippen LogP contribution in [-0.4, -0.2) is 33.0 Å². The summed E-state index contributed by atoms with van der Waals surface area (Å²) in [5, 5.41) is 14.9. The summed E-state index contributed by atoms with van der Waals surface area (Å²) < 4.78 is 16.5. The molecule has 4 rings (SSSR count). The van der Waals surface area contributed by atoms with Crippen molar-refractivity contribution in [2.45, 2.75) is 25.3 Å². The van der Waals surface area contributed by atoms with Crippen LogP contribution in [0.25, 0.3) is 11.1 Å². The summed E-state index contributed by atoms with van der Waals surface area (Å²) in [5.41, 5.74) is 5.24. The molecule has 0 amide bonds. The normalized spacial score (nSPS) is 15.3. The van der Waals surface area contributed by atoms with Crippen LogP contribution in [0.3, 0.4) is 0 Å². The highest BCUT2D eigenvalue weighted by atomic mass is 16.5. The fourth-order valence-corrected chi connectivity index (χ4v) is 4.41. The molecule has 31 heavy (non-hydrogen) atoms. The van der Waals surface area contributed by atoms with Crippen LogP contribution in [0.4, 0.5) is 0 Å². The van der Waals surface area contributed by atoms with Crippen LogP contribution in [0.5, 0.6) is 23.0 Å². The van der Waals surface area contributed by atoms with E-state index in [-0.39, 0.29) is 11.8 Å². The van der Waals surface area contributed by atoms with Crippen LogP contribution >= 0.6 is 0 Å². The molecular formula is C26H29NO4. The standard InChI is InChI=1S/C26H29NO4/c1-29-20-13-19(14-21(16-20)30-2)25-24-18(15-23(31-3)26(25)28)11-12-27-22(24)10-9-17-7-5-4-6-8-17/h4-8,13-16,22,27-28H,9-12H2,1-3H3. The van der Waals surface area contributed by atoms with Gasteiger partial charge in [-0.05, 0) is 66.3 Å². The molecular weight excluding hydrogens is 390 g/mol. The van der Waals surface area contributed by atoms with Crippen molar-refractivity contribution in [3.63, 3.8) is 0 Å². The first kappa shape index (κ1) is 21.1. The monoisotopic (exact) mass is 419 g/mol. The predicted molar refractivity (Wildman–Crippen MR) is 122 cm³/mol. The number of fused-ring (bicyclic) bond motifs is 1. The molecule has 1 atom stereocenters. The Balaban J connectivity index is 1.83. The number of hydrogen-bond donors (Lipinski definition) is 2. The predicted octanol–water partition coefficient (Wildman–Crippen LogP) is 4.90.